The first-order valence-electron chi connectivity index (χ1n) is 5.35. The number of hydrogen-bond acceptors (Lipinski definition) is 2. The van der Waals surface area contributed by atoms with Gasteiger partial charge >= 0.3 is 5.97 Å². The van der Waals surface area contributed by atoms with Crippen LogP contribution in [0.5, 0.6) is 0 Å². The molecule has 1 aliphatic heterocycles. The molecule has 0 radical (unpaired) electrons. The molecule has 0 amide bonds. The molecule has 1 unspecified atom stereocenters. The Morgan fingerprint density at radius 1 is 1.31 bits per heavy atom. The lowest BCUT2D eigenvalue weighted by atomic mass is 10.1. The van der Waals surface area contributed by atoms with Crippen molar-refractivity contribution in [3.63, 3.8) is 0 Å². The molecule has 2 nitrogen and oxygen atoms in total. The maximum absolute atomic E-state index is 11.6. The molecule has 2 rings (SSSR count). The maximum atomic E-state index is 11.6. The molecule has 0 N–H and O–H groups in total. The molecule has 0 aromatic heterocycles. The van der Waals surface area contributed by atoms with Gasteiger partial charge in [0.05, 0.1) is 13.6 Å². The molecular formula is C12H15BrO2Si. The Morgan fingerprint density at radius 2 is 1.94 bits per heavy atom. The van der Waals surface area contributed by atoms with Gasteiger partial charge in [0.25, 0.3) is 0 Å². The van der Waals surface area contributed by atoms with Gasteiger partial charge in [-0.3, -0.25) is 0 Å². The Labute approximate surface area is 105 Å². The van der Waals surface area contributed by atoms with Gasteiger partial charge in [0.15, 0.2) is 0 Å². The minimum absolute atomic E-state index is 0.116. The number of carbonyl (C=O) groups is 1. The van der Waals surface area contributed by atoms with Crippen LogP contribution in [0, 0.1) is 0 Å². The SMILES string of the molecule is CC1OC(=O)c2c(Br)cc([Si](C)(C)C)cc21. The highest BCUT2D eigenvalue weighted by Gasteiger charge is 2.32. The maximum Gasteiger partial charge on any atom is 0.340 e. The molecule has 0 fully saturated rings. The van der Waals surface area contributed by atoms with Crippen LogP contribution in [0.1, 0.15) is 28.9 Å². The lowest BCUT2D eigenvalue weighted by Gasteiger charge is -2.18. The second kappa shape index (κ2) is 3.70. The molecule has 1 aromatic carbocycles. The van der Waals surface area contributed by atoms with Crippen LogP contribution in [-0.2, 0) is 4.74 Å². The van der Waals surface area contributed by atoms with E-state index in [-0.39, 0.29) is 12.1 Å². The van der Waals surface area contributed by atoms with Gasteiger partial charge in [0, 0.05) is 10.0 Å². The zero-order valence-electron chi connectivity index (χ0n) is 9.93. The number of halogens is 1. The van der Waals surface area contributed by atoms with Crippen LogP contribution in [0.25, 0.3) is 0 Å². The minimum Gasteiger partial charge on any atom is -0.454 e. The number of benzene rings is 1. The van der Waals surface area contributed by atoms with Crippen molar-refractivity contribution < 1.29 is 9.53 Å². The third-order valence-electron chi connectivity index (χ3n) is 2.91. The van der Waals surface area contributed by atoms with Gasteiger partial charge in [-0.25, -0.2) is 4.79 Å². The average molecular weight is 299 g/mol. The van der Waals surface area contributed by atoms with E-state index >= 15 is 0 Å². The van der Waals surface area contributed by atoms with Crippen molar-refractivity contribution in [1.82, 2.24) is 0 Å². The van der Waals surface area contributed by atoms with E-state index in [0.717, 1.165) is 10.0 Å². The summed E-state index contributed by atoms with van der Waals surface area (Å²) in [6, 6.07) is 4.21. The van der Waals surface area contributed by atoms with Crippen LogP contribution >= 0.6 is 15.9 Å². The first-order chi connectivity index (χ1) is 7.30. The monoisotopic (exact) mass is 298 g/mol. The zero-order valence-corrected chi connectivity index (χ0v) is 12.5. The van der Waals surface area contributed by atoms with E-state index in [1.165, 1.54) is 5.19 Å². The smallest absolute Gasteiger partial charge is 0.340 e. The van der Waals surface area contributed by atoms with E-state index in [0.29, 0.717) is 5.56 Å². The molecule has 0 aliphatic carbocycles. The summed E-state index contributed by atoms with van der Waals surface area (Å²) < 4.78 is 6.10. The van der Waals surface area contributed by atoms with Crippen molar-refractivity contribution in [2.45, 2.75) is 32.7 Å². The molecule has 0 saturated carbocycles. The number of cyclic esters (lactones) is 1. The summed E-state index contributed by atoms with van der Waals surface area (Å²) in [4.78, 5) is 11.6. The molecule has 4 heteroatoms. The molecule has 1 heterocycles. The van der Waals surface area contributed by atoms with Gasteiger partial charge in [-0.15, -0.1) is 0 Å². The number of ether oxygens (including phenoxy) is 1. The van der Waals surface area contributed by atoms with Crippen molar-refractivity contribution in [2.75, 3.05) is 0 Å². The van der Waals surface area contributed by atoms with Crippen LogP contribution in [0.15, 0.2) is 16.6 Å². The molecule has 0 spiro atoms. The van der Waals surface area contributed by atoms with E-state index in [4.69, 9.17) is 4.74 Å². The summed E-state index contributed by atoms with van der Waals surface area (Å²) in [7, 11) is -1.36. The summed E-state index contributed by atoms with van der Waals surface area (Å²) in [5.41, 5.74) is 1.73. The second-order valence-corrected chi connectivity index (χ2v) is 11.2. The fourth-order valence-corrected chi connectivity index (χ4v) is 3.89. The third-order valence-corrected chi connectivity index (χ3v) is 5.56. The second-order valence-electron chi connectivity index (χ2n) is 5.22. The Hall–Kier alpha value is -0.613. The topological polar surface area (TPSA) is 26.3 Å². The van der Waals surface area contributed by atoms with Crippen molar-refractivity contribution in [3.05, 3.63) is 27.7 Å². The van der Waals surface area contributed by atoms with Crippen molar-refractivity contribution in [2.24, 2.45) is 0 Å². The largest absolute Gasteiger partial charge is 0.454 e. The van der Waals surface area contributed by atoms with E-state index < -0.39 is 8.07 Å². The molecule has 16 heavy (non-hydrogen) atoms. The number of esters is 1. The minimum atomic E-state index is -1.36. The Kier molecular flexibility index (Phi) is 2.74. The van der Waals surface area contributed by atoms with E-state index in [9.17, 15) is 4.79 Å². The fourth-order valence-electron chi connectivity index (χ4n) is 1.88. The van der Waals surface area contributed by atoms with Gasteiger partial charge in [0.2, 0.25) is 0 Å². The summed E-state index contributed by atoms with van der Waals surface area (Å²) in [6.07, 6.45) is -0.116. The van der Waals surface area contributed by atoms with Crippen molar-refractivity contribution in [1.29, 1.82) is 0 Å². The predicted octanol–water partition coefficient (Wildman–Crippen LogP) is 3.23. The van der Waals surface area contributed by atoms with Gasteiger partial charge < -0.3 is 4.74 Å². The van der Waals surface area contributed by atoms with Gasteiger partial charge in [0.1, 0.15) is 6.10 Å². The van der Waals surface area contributed by atoms with Gasteiger partial charge in [-0.1, -0.05) is 30.9 Å². The van der Waals surface area contributed by atoms with Crippen LogP contribution in [0.3, 0.4) is 0 Å². The van der Waals surface area contributed by atoms with Crippen molar-refractivity contribution in [3.8, 4) is 0 Å². The Morgan fingerprint density at radius 3 is 2.50 bits per heavy atom. The summed E-state index contributed by atoms with van der Waals surface area (Å²) in [6.45, 7) is 8.81. The van der Waals surface area contributed by atoms with E-state index in [2.05, 4.69) is 47.7 Å². The Bertz CT molecular complexity index is 463. The molecule has 0 saturated heterocycles. The standard InChI is InChI=1S/C12H15BrO2Si/c1-7-9-5-8(16(2,3)4)6-10(13)11(9)12(14)15-7/h5-7H,1-4H3. The van der Waals surface area contributed by atoms with E-state index in [1.54, 1.807) is 0 Å². The number of hydrogen-bond donors (Lipinski definition) is 0. The fraction of sp³-hybridized carbons (Fsp3) is 0.417. The van der Waals surface area contributed by atoms with Gasteiger partial charge in [-0.05, 0) is 28.9 Å². The summed E-state index contributed by atoms with van der Waals surface area (Å²) in [5.74, 6) is -0.212. The number of carbonyl (C=O) groups excluding carboxylic acids is 1. The molecule has 86 valence electrons. The predicted molar refractivity (Wildman–Crippen MR) is 71.0 cm³/mol. The molecule has 0 bridgehead atoms. The number of fused-ring (bicyclic) bond motifs is 1. The molecular weight excluding hydrogens is 284 g/mol. The van der Waals surface area contributed by atoms with Crippen molar-refractivity contribution >= 4 is 35.2 Å². The van der Waals surface area contributed by atoms with Crippen LogP contribution < -0.4 is 5.19 Å². The lowest BCUT2D eigenvalue weighted by molar-refractivity contribution is 0.0421. The average Bonchev–Trinajstić information content (AvgIpc) is 2.41. The summed E-state index contributed by atoms with van der Waals surface area (Å²) >= 11 is 3.48. The van der Waals surface area contributed by atoms with Gasteiger partial charge in [-0.2, -0.15) is 0 Å². The highest BCUT2D eigenvalue weighted by atomic mass is 79.9. The highest BCUT2D eigenvalue weighted by molar-refractivity contribution is 9.10. The highest BCUT2D eigenvalue weighted by Crippen LogP contribution is 2.34. The number of rotatable bonds is 1. The quantitative estimate of drug-likeness (QED) is 0.588. The molecule has 1 aliphatic rings. The lowest BCUT2D eigenvalue weighted by Crippen LogP contribution is -2.38. The van der Waals surface area contributed by atoms with Crippen LogP contribution in [0.2, 0.25) is 19.6 Å². The normalized spacial score (nSPS) is 19.6. The molecule has 1 aromatic rings. The molecule has 1 atom stereocenters. The zero-order chi connectivity index (χ0) is 12.1. The van der Waals surface area contributed by atoms with E-state index in [1.807, 2.05) is 6.92 Å². The Balaban J connectivity index is 2.63. The first kappa shape index (κ1) is 11.9. The third kappa shape index (κ3) is 1.84. The first-order valence-corrected chi connectivity index (χ1v) is 9.65. The van der Waals surface area contributed by atoms with Crippen LogP contribution in [-0.4, -0.2) is 14.0 Å². The summed E-state index contributed by atoms with van der Waals surface area (Å²) in [5, 5.41) is 1.35. The van der Waals surface area contributed by atoms with Crippen LogP contribution in [0.4, 0.5) is 0 Å².